The molecule has 2 aliphatic rings. The molecule has 0 radical (unpaired) electrons. The molecular weight excluding hydrogens is 188 g/mol. The van der Waals surface area contributed by atoms with Gasteiger partial charge in [-0.3, -0.25) is 0 Å². The molecule has 0 aromatic heterocycles. The standard InChI is InChI=1S/C5H4O8/c6-2-10-1-4(11-2)5(8,9)13-3(7)12-4/h8-9H,1H2. The molecule has 72 valence electrons. The molecule has 2 fully saturated rings. The molecule has 2 aliphatic heterocycles. The van der Waals surface area contributed by atoms with Crippen LogP contribution in [0.5, 0.6) is 0 Å². The van der Waals surface area contributed by atoms with Crippen molar-refractivity contribution in [1.29, 1.82) is 0 Å². The molecule has 0 amide bonds. The molecule has 0 aromatic carbocycles. The summed E-state index contributed by atoms with van der Waals surface area (Å²) >= 11 is 0. The zero-order valence-electron chi connectivity index (χ0n) is 6.05. The number of cyclic esters (lactones) is 2. The highest BCUT2D eigenvalue weighted by Crippen LogP contribution is 2.38. The fourth-order valence-corrected chi connectivity index (χ4v) is 0.974. The fourth-order valence-electron chi connectivity index (χ4n) is 0.974. The first kappa shape index (κ1) is 8.08. The highest BCUT2D eigenvalue weighted by molar-refractivity contribution is 5.67. The molecule has 0 bridgehead atoms. The number of carbonyl (C=O) groups is 2. The van der Waals surface area contributed by atoms with Crippen molar-refractivity contribution in [3.8, 4) is 0 Å². The van der Waals surface area contributed by atoms with Crippen molar-refractivity contribution in [3.63, 3.8) is 0 Å². The molecule has 8 heteroatoms. The maximum Gasteiger partial charge on any atom is 0.516 e. The normalized spacial score (nSPS) is 35.2. The Kier molecular flexibility index (Phi) is 1.26. The fraction of sp³-hybridized carbons (Fsp3) is 0.600. The molecule has 0 aromatic rings. The molecular formula is C5H4O8. The van der Waals surface area contributed by atoms with Gasteiger partial charge in [-0.15, -0.1) is 0 Å². The van der Waals surface area contributed by atoms with Crippen LogP contribution < -0.4 is 0 Å². The maximum absolute atomic E-state index is 10.5. The van der Waals surface area contributed by atoms with E-state index in [2.05, 4.69) is 18.9 Å². The molecule has 2 rings (SSSR count). The Bertz CT molecular complexity index is 278. The quantitative estimate of drug-likeness (QED) is 0.358. The second-order valence-corrected chi connectivity index (χ2v) is 2.46. The molecule has 1 spiro atoms. The minimum atomic E-state index is -3.02. The van der Waals surface area contributed by atoms with Crippen LogP contribution in [0.1, 0.15) is 0 Å². The van der Waals surface area contributed by atoms with E-state index in [1.807, 2.05) is 0 Å². The molecule has 0 aliphatic carbocycles. The Balaban J connectivity index is 2.32. The first-order chi connectivity index (χ1) is 5.95. The smallest absolute Gasteiger partial charge is 0.425 e. The van der Waals surface area contributed by atoms with Crippen molar-refractivity contribution in [1.82, 2.24) is 0 Å². The van der Waals surface area contributed by atoms with Crippen LogP contribution in [-0.2, 0) is 18.9 Å². The van der Waals surface area contributed by atoms with Crippen molar-refractivity contribution >= 4 is 12.3 Å². The van der Waals surface area contributed by atoms with Gasteiger partial charge in [-0.25, -0.2) is 9.59 Å². The predicted molar refractivity (Wildman–Crippen MR) is 29.9 cm³/mol. The Morgan fingerprint density at radius 1 is 1.08 bits per heavy atom. The largest absolute Gasteiger partial charge is 0.516 e. The van der Waals surface area contributed by atoms with Crippen LogP contribution in [0.25, 0.3) is 0 Å². The Morgan fingerprint density at radius 2 is 1.69 bits per heavy atom. The number of hydrogen-bond donors (Lipinski definition) is 2. The van der Waals surface area contributed by atoms with Gasteiger partial charge < -0.3 is 29.2 Å². The summed E-state index contributed by atoms with van der Waals surface area (Å²) in [6.45, 7) is -0.634. The SMILES string of the molecule is O=C1OCC2(O1)OC(=O)OC2(O)O. The minimum Gasteiger partial charge on any atom is -0.425 e. The van der Waals surface area contributed by atoms with E-state index in [0.717, 1.165) is 0 Å². The first-order valence-corrected chi connectivity index (χ1v) is 3.18. The van der Waals surface area contributed by atoms with Gasteiger partial charge >= 0.3 is 24.1 Å². The van der Waals surface area contributed by atoms with E-state index in [9.17, 15) is 9.59 Å². The number of hydrogen-bond acceptors (Lipinski definition) is 8. The van der Waals surface area contributed by atoms with E-state index in [0.29, 0.717) is 0 Å². The second-order valence-electron chi connectivity index (χ2n) is 2.46. The first-order valence-electron chi connectivity index (χ1n) is 3.18. The molecule has 1 unspecified atom stereocenters. The van der Waals surface area contributed by atoms with Gasteiger partial charge in [0.1, 0.15) is 0 Å². The van der Waals surface area contributed by atoms with Gasteiger partial charge in [0.2, 0.25) is 0 Å². The molecule has 2 heterocycles. The van der Waals surface area contributed by atoms with Crippen LogP contribution in [0, 0.1) is 0 Å². The van der Waals surface area contributed by atoms with Crippen molar-refractivity contribution in [2.24, 2.45) is 0 Å². The summed E-state index contributed by atoms with van der Waals surface area (Å²) in [6.07, 6.45) is -2.53. The lowest BCUT2D eigenvalue weighted by Crippen LogP contribution is -2.53. The lowest BCUT2D eigenvalue weighted by molar-refractivity contribution is -0.383. The van der Waals surface area contributed by atoms with Gasteiger partial charge in [0.15, 0.2) is 6.61 Å². The number of carbonyl (C=O) groups excluding carboxylic acids is 2. The summed E-state index contributed by atoms with van der Waals surface area (Å²) in [6, 6.07) is 0. The lowest BCUT2D eigenvalue weighted by Gasteiger charge is -2.23. The van der Waals surface area contributed by atoms with Crippen molar-refractivity contribution < 1.29 is 38.7 Å². The van der Waals surface area contributed by atoms with Crippen molar-refractivity contribution in [3.05, 3.63) is 0 Å². The molecule has 2 N–H and O–H groups in total. The van der Waals surface area contributed by atoms with E-state index < -0.39 is 30.7 Å². The van der Waals surface area contributed by atoms with Crippen molar-refractivity contribution in [2.45, 2.75) is 11.8 Å². The molecule has 13 heavy (non-hydrogen) atoms. The highest BCUT2D eigenvalue weighted by Gasteiger charge is 2.70. The van der Waals surface area contributed by atoms with Crippen molar-refractivity contribution in [2.75, 3.05) is 6.61 Å². The zero-order chi connectivity index (χ0) is 9.69. The summed E-state index contributed by atoms with van der Waals surface area (Å²) in [4.78, 5) is 21.0. The highest BCUT2D eigenvalue weighted by atomic mass is 17.0. The summed E-state index contributed by atoms with van der Waals surface area (Å²) in [7, 11) is 0. The number of aliphatic hydroxyl groups is 2. The van der Waals surface area contributed by atoms with Gasteiger partial charge in [0.05, 0.1) is 0 Å². The summed E-state index contributed by atoms with van der Waals surface area (Å²) in [5.74, 6) is -5.32. The summed E-state index contributed by atoms with van der Waals surface area (Å²) < 4.78 is 16.7. The van der Waals surface area contributed by atoms with Gasteiger partial charge in [0, 0.05) is 0 Å². The summed E-state index contributed by atoms with van der Waals surface area (Å²) in [5, 5.41) is 18.1. The Morgan fingerprint density at radius 3 is 2.08 bits per heavy atom. The molecule has 2 saturated heterocycles. The van der Waals surface area contributed by atoms with Gasteiger partial charge in [0.25, 0.3) is 0 Å². The van der Waals surface area contributed by atoms with Crippen LogP contribution in [0.15, 0.2) is 0 Å². The Labute approximate surface area is 70.6 Å². The average molecular weight is 192 g/mol. The van der Waals surface area contributed by atoms with Gasteiger partial charge in [-0.1, -0.05) is 0 Å². The van der Waals surface area contributed by atoms with Gasteiger partial charge in [-0.2, -0.15) is 0 Å². The zero-order valence-corrected chi connectivity index (χ0v) is 6.05. The third kappa shape index (κ3) is 0.924. The lowest BCUT2D eigenvalue weighted by atomic mass is 10.2. The number of ether oxygens (including phenoxy) is 4. The summed E-state index contributed by atoms with van der Waals surface area (Å²) in [5.41, 5.74) is 0. The van der Waals surface area contributed by atoms with E-state index in [1.165, 1.54) is 0 Å². The van der Waals surface area contributed by atoms with Gasteiger partial charge in [-0.05, 0) is 0 Å². The average Bonchev–Trinajstić information content (AvgIpc) is 2.39. The van der Waals surface area contributed by atoms with Crippen LogP contribution in [0.2, 0.25) is 0 Å². The molecule has 8 nitrogen and oxygen atoms in total. The van der Waals surface area contributed by atoms with Crippen LogP contribution in [-0.4, -0.2) is 40.9 Å². The van der Waals surface area contributed by atoms with Crippen LogP contribution in [0.4, 0.5) is 9.59 Å². The van der Waals surface area contributed by atoms with E-state index >= 15 is 0 Å². The second kappa shape index (κ2) is 2.03. The van der Waals surface area contributed by atoms with E-state index in [4.69, 9.17) is 10.2 Å². The minimum absolute atomic E-state index is 0.634. The Hall–Kier alpha value is -1.54. The third-order valence-electron chi connectivity index (χ3n) is 1.60. The third-order valence-corrected chi connectivity index (χ3v) is 1.60. The maximum atomic E-state index is 10.5. The monoisotopic (exact) mass is 192 g/mol. The molecule has 0 saturated carbocycles. The van der Waals surface area contributed by atoms with E-state index in [-0.39, 0.29) is 0 Å². The topological polar surface area (TPSA) is 112 Å². The predicted octanol–water partition coefficient (Wildman–Crippen LogP) is -1.35. The van der Waals surface area contributed by atoms with Crippen LogP contribution >= 0.6 is 0 Å². The number of rotatable bonds is 0. The van der Waals surface area contributed by atoms with E-state index in [1.54, 1.807) is 0 Å². The molecule has 1 atom stereocenters. The van der Waals surface area contributed by atoms with Crippen LogP contribution in [0.3, 0.4) is 0 Å².